The predicted molar refractivity (Wildman–Crippen MR) is 126 cm³/mol. The molecule has 2 aromatic carbocycles. The first-order valence-electron chi connectivity index (χ1n) is 10.7. The third-order valence-electron chi connectivity index (χ3n) is 5.30. The molecule has 180 valence electrons. The Morgan fingerprint density at radius 3 is 2.46 bits per heavy atom. The number of thiazole rings is 1. The van der Waals surface area contributed by atoms with Crippen LogP contribution in [0.25, 0.3) is 10.2 Å². The second-order valence-electron chi connectivity index (χ2n) is 7.54. The lowest BCUT2D eigenvalue weighted by Crippen LogP contribution is -2.28. The molecule has 35 heavy (non-hydrogen) atoms. The first-order chi connectivity index (χ1) is 16.8. The fourth-order valence-corrected chi connectivity index (χ4v) is 4.75. The molecule has 10 nitrogen and oxygen atoms in total. The van der Waals surface area contributed by atoms with Gasteiger partial charge in [-0.05, 0) is 43.3 Å². The van der Waals surface area contributed by atoms with Gasteiger partial charge in [-0.2, -0.15) is 4.99 Å². The minimum atomic E-state index is -0.622. The van der Waals surface area contributed by atoms with Gasteiger partial charge in [-0.3, -0.25) is 24.1 Å². The summed E-state index contributed by atoms with van der Waals surface area (Å²) in [7, 11) is 1.28. The van der Waals surface area contributed by atoms with Crippen LogP contribution in [-0.2, 0) is 30.4 Å². The van der Waals surface area contributed by atoms with E-state index >= 15 is 0 Å². The first-order valence-corrected chi connectivity index (χ1v) is 11.6. The molecular weight excluding hydrogens is 474 g/mol. The summed E-state index contributed by atoms with van der Waals surface area (Å²) in [6, 6.07) is 10.9. The van der Waals surface area contributed by atoms with Crippen molar-refractivity contribution >= 4 is 56.9 Å². The monoisotopic (exact) mass is 495 g/mol. The average molecular weight is 496 g/mol. The van der Waals surface area contributed by atoms with E-state index in [1.165, 1.54) is 23.8 Å². The third kappa shape index (κ3) is 4.90. The minimum absolute atomic E-state index is 0.130. The molecule has 0 bridgehead atoms. The maximum Gasteiger partial charge on any atom is 0.337 e. The number of ether oxygens (including phenoxy) is 2. The number of nitrogens with zero attached hydrogens (tertiary/aromatic N) is 3. The average Bonchev–Trinajstić information content (AvgIpc) is 3.36. The number of amides is 3. The molecule has 0 unspecified atom stereocenters. The lowest BCUT2D eigenvalue weighted by Gasteiger charge is -2.14. The van der Waals surface area contributed by atoms with Gasteiger partial charge in [0, 0.05) is 18.4 Å². The second-order valence-corrected chi connectivity index (χ2v) is 8.55. The number of benzene rings is 2. The zero-order valence-corrected chi connectivity index (χ0v) is 19.8. The van der Waals surface area contributed by atoms with Crippen LogP contribution in [0.4, 0.5) is 5.69 Å². The molecule has 2 heterocycles. The number of hydrogen-bond donors (Lipinski definition) is 0. The summed E-state index contributed by atoms with van der Waals surface area (Å²) in [6.07, 6.45) is 0.259. The molecule has 1 saturated heterocycles. The van der Waals surface area contributed by atoms with Crippen molar-refractivity contribution in [1.29, 1.82) is 0 Å². The molecule has 3 aromatic rings. The van der Waals surface area contributed by atoms with Crippen LogP contribution in [0.1, 0.15) is 40.5 Å². The van der Waals surface area contributed by atoms with Crippen molar-refractivity contribution in [1.82, 2.24) is 4.57 Å². The van der Waals surface area contributed by atoms with Crippen molar-refractivity contribution in [2.75, 3.05) is 18.6 Å². The maximum absolute atomic E-state index is 13.1. The number of rotatable bonds is 6. The second kappa shape index (κ2) is 10.0. The molecule has 0 aliphatic carbocycles. The number of methoxy groups -OCH3 is 1. The highest BCUT2D eigenvalue weighted by Gasteiger charge is 2.30. The number of carbonyl (C=O) groups excluding carboxylic acids is 5. The number of anilines is 1. The summed E-state index contributed by atoms with van der Waals surface area (Å²) in [5.41, 5.74) is 1.38. The van der Waals surface area contributed by atoms with Crippen LogP contribution in [0.3, 0.4) is 0 Å². The maximum atomic E-state index is 13.1. The van der Waals surface area contributed by atoms with Gasteiger partial charge >= 0.3 is 11.9 Å². The fourth-order valence-electron chi connectivity index (χ4n) is 3.69. The van der Waals surface area contributed by atoms with E-state index in [0.29, 0.717) is 21.5 Å². The van der Waals surface area contributed by atoms with Crippen molar-refractivity contribution in [3.05, 3.63) is 58.4 Å². The Labute approximate surface area is 203 Å². The Kier molecular flexibility index (Phi) is 6.87. The Morgan fingerprint density at radius 2 is 1.77 bits per heavy atom. The Balaban J connectivity index is 1.77. The van der Waals surface area contributed by atoms with Gasteiger partial charge in [0.25, 0.3) is 5.91 Å². The van der Waals surface area contributed by atoms with Crippen molar-refractivity contribution in [3.8, 4) is 0 Å². The van der Waals surface area contributed by atoms with E-state index in [0.717, 1.165) is 16.2 Å². The van der Waals surface area contributed by atoms with Gasteiger partial charge in [0.15, 0.2) is 4.80 Å². The molecule has 11 heteroatoms. The summed E-state index contributed by atoms with van der Waals surface area (Å²) in [4.78, 5) is 66.9. The van der Waals surface area contributed by atoms with Gasteiger partial charge in [-0.15, -0.1) is 0 Å². The quantitative estimate of drug-likeness (QED) is 0.380. The smallest absolute Gasteiger partial charge is 0.337 e. The highest BCUT2D eigenvalue weighted by Crippen LogP contribution is 2.24. The van der Waals surface area contributed by atoms with E-state index in [4.69, 9.17) is 9.47 Å². The molecule has 0 spiro atoms. The highest BCUT2D eigenvalue weighted by atomic mass is 32.1. The van der Waals surface area contributed by atoms with E-state index in [1.807, 2.05) is 0 Å². The van der Waals surface area contributed by atoms with Crippen LogP contribution in [0.15, 0.2) is 47.5 Å². The summed E-state index contributed by atoms with van der Waals surface area (Å²) in [6.45, 7) is 1.70. The fraction of sp³-hybridized carbons (Fsp3) is 0.250. The number of imide groups is 1. The van der Waals surface area contributed by atoms with Gasteiger partial charge in [0.2, 0.25) is 11.8 Å². The normalized spacial score (nSPS) is 14.0. The zero-order chi connectivity index (χ0) is 25.1. The molecule has 1 aromatic heterocycles. The van der Waals surface area contributed by atoms with Crippen molar-refractivity contribution < 1.29 is 33.4 Å². The summed E-state index contributed by atoms with van der Waals surface area (Å²) < 4.78 is 12.0. The third-order valence-corrected chi connectivity index (χ3v) is 6.34. The Hall–Kier alpha value is -4.12. The SMILES string of the molecule is CCOC(=O)Cn1c(=NC(=O)c2cccc(N3C(=O)CCC3=O)c2)sc2cc(C(=O)OC)ccc21. The predicted octanol–water partition coefficient (Wildman–Crippen LogP) is 2.45. The molecule has 0 N–H and O–H groups in total. The van der Waals surface area contributed by atoms with E-state index in [1.54, 1.807) is 37.3 Å². The van der Waals surface area contributed by atoms with Crippen molar-refractivity contribution in [2.24, 2.45) is 4.99 Å². The lowest BCUT2D eigenvalue weighted by molar-refractivity contribution is -0.143. The van der Waals surface area contributed by atoms with E-state index < -0.39 is 17.8 Å². The molecular formula is C24H21N3O7S. The van der Waals surface area contributed by atoms with Crippen LogP contribution in [0.5, 0.6) is 0 Å². The van der Waals surface area contributed by atoms with Crippen molar-refractivity contribution in [3.63, 3.8) is 0 Å². The number of aromatic nitrogens is 1. The van der Waals surface area contributed by atoms with Gasteiger partial charge in [-0.25, -0.2) is 4.79 Å². The van der Waals surface area contributed by atoms with Crippen LogP contribution in [0, 0.1) is 0 Å². The summed E-state index contributed by atoms with van der Waals surface area (Å²) in [5.74, 6) is -2.30. The topological polar surface area (TPSA) is 124 Å². The van der Waals surface area contributed by atoms with Crippen LogP contribution in [-0.4, -0.2) is 47.9 Å². The van der Waals surface area contributed by atoms with Gasteiger partial charge in [0.1, 0.15) is 6.54 Å². The van der Waals surface area contributed by atoms with E-state index in [9.17, 15) is 24.0 Å². The summed E-state index contributed by atoms with van der Waals surface area (Å²) >= 11 is 1.12. The Morgan fingerprint density at radius 1 is 1.03 bits per heavy atom. The number of carbonyl (C=O) groups is 5. The molecule has 1 fully saturated rings. The molecule has 0 atom stereocenters. The minimum Gasteiger partial charge on any atom is -0.465 e. The molecule has 1 aliphatic rings. The molecule has 3 amide bonds. The first kappa shape index (κ1) is 24.0. The zero-order valence-electron chi connectivity index (χ0n) is 19.0. The number of hydrogen-bond acceptors (Lipinski definition) is 8. The Bertz CT molecular complexity index is 1420. The van der Waals surface area contributed by atoms with Crippen LogP contribution in [0.2, 0.25) is 0 Å². The molecule has 4 rings (SSSR count). The standard InChI is InChI=1S/C24H21N3O7S/c1-3-34-21(30)13-26-17-8-7-15(23(32)33-2)12-18(17)35-24(26)25-22(31)14-5-4-6-16(11-14)27-19(28)9-10-20(27)29/h4-8,11-12H,3,9-10,13H2,1-2H3. The summed E-state index contributed by atoms with van der Waals surface area (Å²) in [5, 5.41) is 0. The molecule has 0 radical (unpaired) electrons. The molecule has 0 saturated carbocycles. The molecule has 1 aliphatic heterocycles. The van der Waals surface area contributed by atoms with Crippen LogP contribution >= 0.6 is 11.3 Å². The number of esters is 2. The lowest BCUT2D eigenvalue weighted by atomic mass is 10.2. The number of fused-ring (bicyclic) bond motifs is 1. The van der Waals surface area contributed by atoms with Gasteiger partial charge in [-0.1, -0.05) is 17.4 Å². The van der Waals surface area contributed by atoms with Crippen molar-refractivity contribution in [2.45, 2.75) is 26.3 Å². The largest absolute Gasteiger partial charge is 0.465 e. The van der Waals surface area contributed by atoms with Crippen LogP contribution < -0.4 is 9.70 Å². The van der Waals surface area contributed by atoms with E-state index in [-0.39, 0.29) is 48.2 Å². The van der Waals surface area contributed by atoms with E-state index in [2.05, 4.69) is 4.99 Å². The highest BCUT2D eigenvalue weighted by molar-refractivity contribution is 7.16. The van der Waals surface area contributed by atoms with Gasteiger partial charge in [0.05, 0.1) is 35.2 Å². The van der Waals surface area contributed by atoms with Gasteiger partial charge < -0.3 is 14.0 Å².